The molecule has 0 radical (unpaired) electrons. The zero-order chi connectivity index (χ0) is 46.2. The fraction of sp³-hybridized carbons (Fsp3) is 0.388. The first-order chi connectivity index (χ1) is 30.5. The predicted molar refractivity (Wildman–Crippen MR) is 254 cm³/mol. The molecule has 0 saturated carbocycles. The van der Waals surface area contributed by atoms with Crippen molar-refractivity contribution < 1.29 is 40.2 Å². The summed E-state index contributed by atoms with van der Waals surface area (Å²) in [6, 6.07) is 41.6. The van der Waals surface area contributed by atoms with Crippen molar-refractivity contribution >= 4 is 44.5 Å². The number of ether oxygens (including phenoxy) is 1. The zero-order valence-corrected chi connectivity index (χ0v) is 39.8. The van der Waals surface area contributed by atoms with Gasteiger partial charge in [0.05, 0.1) is 30.4 Å². The molecule has 344 valence electrons. The van der Waals surface area contributed by atoms with Crippen molar-refractivity contribution in [1.82, 2.24) is 4.31 Å². The molecule has 0 aliphatic carbocycles. The quantitative estimate of drug-likeness (QED) is 0.0187. The molecule has 0 amide bonds. The van der Waals surface area contributed by atoms with E-state index in [0.717, 1.165) is 64.3 Å². The highest BCUT2D eigenvalue weighted by molar-refractivity contribution is 7.89. The monoisotopic (exact) mass is 930 g/mol. The molecule has 0 unspecified atom stereocenters. The number of nitro benzene ring substituents is 1. The maximum atomic E-state index is 15.2. The van der Waals surface area contributed by atoms with Gasteiger partial charge >= 0.3 is 0 Å². The van der Waals surface area contributed by atoms with Crippen LogP contribution in [0.1, 0.15) is 76.8 Å². The zero-order valence-electron chi connectivity index (χ0n) is 37.2. The summed E-state index contributed by atoms with van der Waals surface area (Å²) in [4.78, 5) is 11.0. The molecule has 0 spiro atoms. The first-order valence-electron chi connectivity index (χ1n) is 21.8. The van der Waals surface area contributed by atoms with Crippen LogP contribution in [-0.4, -0.2) is 77.2 Å². The van der Waals surface area contributed by atoms with Crippen LogP contribution in [0.25, 0.3) is 0 Å². The first kappa shape index (κ1) is 50.4. The topological polar surface area (TPSA) is 163 Å². The SMILES string of the molecule is CC(C)(C)[Si](OC[C@@H]([C@H](O)[C@@H](CCCCCCCCOCc1ccccc1)OS(C)(=O)=O)N(Cc1ccccc1)S(=O)(=O)c1ccccc1[N+](=O)[O-])(c1ccccc1)c1ccccc1. The van der Waals surface area contributed by atoms with Crippen LogP contribution in [0, 0.1) is 10.1 Å². The van der Waals surface area contributed by atoms with Gasteiger partial charge < -0.3 is 14.3 Å². The van der Waals surface area contributed by atoms with E-state index in [2.05, 4.69) is 20.8 Å². The van der Waals surface area contributed by atoms with Gasteiger partial charge in [0, 0.05) is 19.2 Å². The van der Waals surface area contributed by atoms with Crippen LogP contribution < -0.4 is 10.4 Å². The average Bonchev–Trinajstić information content (AvgIpc) is 3.27. The van der Waals surface area contributed by atoms with Crippen LogP contribution in [0.15, 0.2) is 150 Å². The summed E-state index contributed by atoms with van der Waals surface area (Å²) in [6.45, 7) is 6.62. The molecule has 0 aromatic heterocycles. The fourth-order valence-corrected chi connectivity index (χ4v) is 15.2. The Morgan fingerprint density at radius 2 is 1.17 bits per heavy atom. The second kappa shape index (κ2) is 23.6. The van der Waals surface area contributed by atoms with Crippen molar-refractivity contribution in [2.45, 2.75) is 107 Å². The third-order valence-electron chi connectivity index (χ3n) is 11.3. The van der Waals surface area contributed by atoms with Crippen molar-refractivity contribution in [2.24, 2.45) is 0 Å². The highest BCUT2D eigenvalue weighted by atomic mass is 32.2. The van der Waals surface area contributed by atoms with E-state index in [1.165, 1.54) is 12.1 Å². The molecule has 0 aliphatic heterocycles. The van der Waals surface area contributed by atoms with Crippen molar-refractivity contribution in [3.05, 3.63) is 167 Å². The Balaban J connectivity index is 1.51. The summed E-state index contributed by atoms with van der Waals surface area (Å²) in [7, 11) is -12.4. The van der Waals surface area contributed by atoms with E-state index >= 15 is 8.42 Å². The molecule has 0 fully saturated rings. The number of benzene rings is 5. The Labute approximate surface area is 380 Å². The normalized spacial score (nSPS) is 14.0. The van der Waals surface area contributed by atoms with E-state index in [-0.39, 0.29) is 13.0 Å². The molecule has 5 rings (SSSR count). The van der Waals surface area contributed by atoms with Crippen LogP contribution >= 0.6 is 0 Å². The molecule has 0 bridgehead atoms. The molecule has 12 nitrogen and oxygen atoms in total. The van der Waals surface area contributed by atoms with Gasteiger partial charge in [-0.1, -0.05) is 186 Å². The van der Waals surface area contributed by atoms with Gasteiger partial charge in [0.1, 0.15) is 12.2 Å². The summed E-state index contributed by atoms with van der Waals surface area (Å²) in [6.07, 6.45) is 2.57. The van der Waals surface area contributed by atoms with E-state index in [0.29, 0.717) is 31.6 Å². The van der Waals surface area contributed by atoms with Gasteiger partial charge in [-0.05, 0) is 45.4 Å². The maximum absolute atomic E-state index is 15.2. The minimum Gasteiger partial charge on any atom is -0.406 e. The second-order valence-corrected chi connectivity index (χ2v) is 24.8. The Morgan fingerprint density at radius 3 is 1.70 bits per heavy atom. The number of sulfonamides is 1. The van der Waals surface area contributed by atoms with Crippen LogP contribution in [0.3, 0.4) is 0 Å². The Hall–Kier alpha value is -4.58. The standard InChI is InChI=1S/C49H62N2O10S2Si/c1-49(2,3)64(42-29-17-11-18-30-42,43-31-19-12-20-32-43)60-39-45(50(37-40-25-13-9-14-26-40)63(57,58)47-35-23-22-33-44(47)51(53)54)48(52)46(61-62(4,55)56)34-21-7-5-6-8-24-36-59-38-41-27-15-10-16-28-41/h9-20,22-23,25-33,35,45-46,48,52H,5-8,21,24,34,36-39H2,1-4H3/t45-,46+,48-/m0/s1. The van der Waals surface area contributed by atoms with Crippen LogP contribution in [-0.2, 0) is 46.6 Å². The number of nitrogens with zero attached hydrogens (tertiary/aromatic N) is 2. The van der Waals surface area contributed by atoms with Crippen LogP contribution in [0.5, 0.6) is 0 Å². The van der Waals surface area contributed by atoms with E-state index in [9.17, 15) is 23.6 Å². The molecule has 0 saturated heterocycles. The minimum absolute atomic E-state index is 0.0782. The van der Waals surface area contributed by atoms with Gasteiger partial charge in [0.15, 0.2) is 4.90 Å². The molecule has 3 atom stereocenters. The minimum atomic E-state index is -4.84. The van der Waals surface area contributed by atoms with Gasteiger partial charge in [-0.25, -0.2) is 8.42 Å². The lowest BCUT2D eigenvalue weighted by Crippen LogP contribution is -2.68. The smallest absolute Gasteiger partial charge is 0.289 e. The van der Waals surface area contributed by atoms with Gasteiger partial charge in [-0.2, -0.15) is 12.7 Å². The van der Waals surface area contributed by atoms with Gasteiger partial charge in [-0.15, -0.1) is 0 Å². The van der Waals surface area contributed by atoms with Gasteiger partial charge in [-0.3, -0.25) is 14.3 Å². The number of nitro groups is 1. The number of aliphatic hydroxyl groups is 1. The average molecular weight is 931 g/mol. The predicted octanol–water partition coefficient (Wildman–Crippen LogP) is 8.38. The Morgan fingerprint density at radius 1 is 0.688 bits per heavy atom. The highest BCUT2D eigenvalue weighted by Gasteiger charge is 2.52. The first-order valence-corrected chi connectivity index (χ1v) is 26.9. The van der Waals surface area contributed by atoms with E-state index in [4.69, 9.17) is 13.3 Å². The molecule has 1 N–H and O–H groups in total. The van der Waals surface area contributed by atoms with Crippen LogP contribution in [0.2, 0.25) is 5.04 Å². The molecular formula is C49H62N2O10S2Si. The molecule has 15 heteroatoms. The lowest BCUT2D eigenvalue weighted by molar-refractivity contribution is -0.387. The largest absolute Gasteiger partial charge is 0.406 e. The van der Waals surface area contributed by atoms with Crippen molar-refractivity contribution in [3.8, 4) is 0 Å². The maximum Gasteiger partial charge on any atom is 0.289 e. The summed E-state index contributed by atoms with van der Waals surface area (Å²) < 4.78 is 76.1. The van der Waals surface area contributed by atoms with Crippen molar-refractivity contribution in [1.29, 1.82) is 0 Å². The van der Waals surface area contributed by atoms with Crippen molar-refractivity contribution in [3.63, 3.8) is 0 Å². The molecule has 5 aromatic carbocycles. The molecule has 5 aromatic rings. The van der Waals surface area contributed by atoms with Crippen molar-refractivity contribution in [2.75, 3.05) is 19.5 Å². The number of hydrogen-bond donors (Lipinski definition) is 1. The third-order valence-corrected chi connectivity index (χ3v) is 18.8. The number of aliphatic hydroxyl groups excluding tert-OH is 1. The summed E-state index contributed by atoms with van der Waals surface area (Å²) in [5.74, 6) is 0. The number of hydrogen-bond acceptors (Lipinski definition) is 10. The molecule has 64 heavy (non-hydrogen) atoms. The summed E-state index contributed by atoms with van der Waals surface area (Å²) >= 11 is 0. The lowest BCUT2D eigenvalue weighted by Gasteiger charge is -2.45. The number of rotatable bonds is 26. The molecule has 0 heterocycles. The van der Waals surface area contributed by atoms with Gasteiger partial charge in [0.2, 0.25) is 0 Å². The number of para-hydroxylation sites is 1. The third kappa shape index (κ3) is 13.7. The fourth-order valence-electron chi connectivity index (χ4n) is 8.19. The van der Waals surface area contributed by atoms with Gasteiger partial charge in [0.25, 0.3) is 34.1 Å². The summed E-state index contributed by atoms with van der Waals surface area (Å²) in [5, 5.41) is 26.3. The molecule has 0 aliphatic rings. The lowest BCUT2D eigenvalue weighted by atomic mass is 9.99. The Kier molecular flexibility index (Phi) is 18.6. The number of unbranched alkanes of at least 4 members (excludes halogenated alkanes) is 5. The molecular weight excluding hydrogens is 869 g/mol. The van der Waals surface area contributed by atoms with Crippen LogP contribution in [0.4, 0.5) is 5.69 Å². The van der Waals surface area contributed by atoms with E-state index < -0.39 is 73.9 Å². The Bertz CT molecular complexity index is 2370. The highest BCUT2D eigenvalue weighted by Crippen LogP contribution is 2.38. The van der Waals surface area contributed by atoms with E-state index in [1.54, 1.807) is 30.3 Å². The second-order valence-electron chi connectivity index (χ2n) is 17.1. The summed E-state index contributed by atoms with van der Waals surface area (Å²) in [5.41, 5.74) is 1.00. The van der Waals surface area contributed by atoms with E-state index in [1.807, 2.05) is 91.0 Å².